The fraction of sp³-hybridized carbons (Fsp3) is 0.417. The van der Waals surface area contributed by atoms with Crippen molar-refractivity contribution in [3.05, 3.63) is 57.3 Å². The van der Waals surface area contributed by atoms with Crippen molar-refractivity contribution in [3.63, 3.8) is 0 Å². The van der Waals surface area contributed by atoms with Gasteiger partial charge < -0.3 is 5.32 Å². The molecule has 1 atom stereocenters. The minimum Gasteiger partial charge on any atom is -0.315 e. The van der Waals surface area contributed by atoms with Crippen molar-refractivity contribution in [1.29, 1.82) is 5.26 Å². The smallest absolute Gasteiger partial charge is 0.239 e. The lowest BCUT2D eigenvalue weighted by molar-refractivity contribution is -0.117. The second-order valence-electron chi connectivity index (χ2n) is 8.65. The molecule has 2 aliphatic rings. The highest BCUT2D eigenvalue weighted by Gasteiger charge is 2.27. The second-order valence-corrected chi connectivity index (χ2v) is 11.6. The van der Waals surface area contributed by atoms with E-state index in [0.29, 0.717) is 42.7 Å². The Labute approximate surface area is 199 Å². The molecule has 174 valence electrons. The second kappa shape index (κ2) is 10.2. The van der Waals surface area contributed by atoms with Crippen LogP contribution >= 0.6 is 11.3 Å². The normalized spacial score (nSPS) is 19.8. The van der Waals surface area contributed by atoms with Gasteiger partial charge in [0.15, 0.2) is 0 Å². The number of amides is 1. The SMILES string of the molecule is CC1CCc2c(sc(NC(=O)CN3CCN(S(=O)(=O)/C=C/c4ccccc4)CC3)c2C#N)C1. The molecule has 0 radical (unpaired) electrons. The summed E-state index contributed by atoms with van der Waals surface area (Å²) in [4.78, 5) is 15.8. The number of carbonyl (C=O) groups is 1. The molecule has 33 heavy (non-hydrogen) atoms. The van der Waals surface area contributed by atoms with Crippen molar-refractivity contribution >= 4 is 38.3 Å². The zero-order valence-corrected chi connectivity index (χ0v) is 20.3. The van der Waals surface area contributed by atoms with Crippen molar-refractivity contribution in [1.82, 2.24) is 9.21 Å². The van der Waals surface area contributed by atoms with Crippen LogP contribution in [-0.2, 0) is 27.7 Å². The first-order chi connectivity index (χ1) is 15.9. The largest absolute Gasteiger partial charge is 0.315 e. The van der Waals surface area contributed by atoms with Crippen molar-refractivity contribution in [3.8, 4) is 6.07 Å². The molecule has 1 saturated heterocycles. The number of piperazine rings is 1. The molecule has 1 unspecified atom stereocenters. The summed E-state index contributed by atoms with van der Waals surface area (Å²) in [6.07, 6.45) is 4.52. The molecule has 0 saturated carbocycles. The molecule has 1 N–H and O–H groups in total. The Bertz CT molecular complexity index is 1170. The lowest BCUT2D eigenvalue weighted by atomic mass is 9.89. The standard InChI is InChI=1S/C24H28N4O3S2/c1-18-7-8-20-21(16-25)24(32-22(20)15-18)26-23(29)17-27-10-12-28(13-11-27)33(30,31)14-9-19-5-3-2-4-6-19/h2-6,9,14,18H,7-8,10-13,15,17H2,1H3,(H,26,29)/b14-9+. The summed E-state index contributed by atoms with van der Waals surface area (Å²) in [7, 11) is -3.51. The molecule has 4 rings (SSSR count). The average molecular weight is 485 g/mol. The van der Waals surface area contributed by atoms with E-state index in [4.69, 9.17) is 0 Å². The Morgan fingerprint density at radius 2 is 1.97 bits per heavy atom. The summed E-state index contributed by atoms with van der Waals surface area (Å²) in [5.74, 6) is 0.430. The Balaban J connectivity index is 1.31. The molecule has 0 bridgehead atoms. The minimum atomic E-state index is -3.51. The van der Waals surface area contributed by atoms with Gasteiger partial charge in [-0.25, -0.2) is 8.42 Å². The Morgan fingerprint density at radius 3 is 2.67 bits per heavy atom. The maximum atomic E-state index is 12.7. The van der Waals surface area contributed by atoms with E-state index >= 15 is 0 Å². The van der Waals surface area contributed by atoms with E-state index in [9.17, 15) is 18.5 Å². The highest BCUT2D eigenvalue weighted by Crippen LogP contribution is 2.39. The van der Waals surface area contributed by atoms with Gasteiger partial charge in [0.2, 0.25) is 15.9 Å². The Kier molecular flexibility index (Phi) is 7.29. The third-order valence-corrected chi connectivity index (χ3v) is 8.90. The fourth-order valence-electron chi connectivity index (χ4n) is 4.28. The zero-order valence-electron chi connectivity index (χ0n) is 18.7. The van der Waals surface area contributed by atoms with Gasteiger partial charge in [0.25, 0.3) is 0 Å². The van der Waals surface area contributed by atoms with Crippen molar-refractivity contribution in [2.75, 3.05) is 38.0 Å². The highest BCUT2D eigenvalue weighted by molar-refractivity contribution is 7.92. The molecular formula is C24H28N4O3S2. The first-order valence-electron chi connectivity index (χ1n) is 11.2. The molecule has 7 nitrogen and oxygen atoms in total. The van der Waals surface area contributed by atoms with Crippen LogP contribution in [0.4, 0.5) is 5.00 Å². The monoisotopic (exact) mass is 484 g/mol. The molecular weight excluding hydrogens is 456 g/mol. The van der Waals surface area contributed by atoms with Crippen LogP contribution in [0.5, 0.6) is 0 Å². The van der Waals surface area contributed by atoms with E-state index in [-0.39, 0.29) is 12.5 Å². The maximum absolute atomic E-state index is 12.7. The van der Waals surface area contributed by atoms with Crippen molar-refractivity contribution in [2.45, 2.75) is 26.2 Å². The van der Waals surface area contributed by atoms with E-state index in [1.807, 2.05) is 35.2 Å². The zero-order chi connectivity index (χ0) is 23.4. The van der Waals surface area contributed by atoms with E-state index in [1.165, 1.54) is 25.9 Å². The third-order valence-electron chi connectivity index (χ3n) is 6.17. The van der Waals surface area contributed by atoms with Gasteiger partial charge in [-0.1, -0.05) is 37.3 Å². The van der Waals surface area contributed by atoms with Crippen LogP contribution in [0.2, 0.25) is 0 Å². The predicted octanol–water partition coefficient (Wildman–Crippen LogP) is 3.30. The number of nitriles is 1. The lowest BCUT2D eigenvalue weighted by Gasteiger charge is -2.32. The number of anilines is 1. The minimum absolute atomic E-state index is 0.168. The van der Waals surface area contributed by atoms with Gasteiger partial charge in [-0.05, 0) is 42.4 Å². The van der Waals surface area contributed by atoms with E-state index < -0.39 is 10.0 Å². The number of thiophene rings is 1. The Morgan fingerprint density at radius 1 is 1.24 bits per heavy atom. The number of fused-ring (bicyclic) bond motifs is 1. The number of nitrogens with one attached hydrogen (secondary N) is 1. The van der Waals surface area contributed by atoms with Crippen LogP contribution < -0.4 is 5.32 Å². The van der Waals surface area contributed by atoms with Crippen LogP contribution in [0.1, 0.15) is 34.9 Å². The molecule has 1 aromatic heterocycles. The number of hydrogen-bond acceptors (Lipinski definition) is 6. The van der Waals surface area contributed by atoms with E-state index in [0.717, 1.165) is 30.4 Å². The summed E-state index contributed by atoms with van der Waals surface area (Å²) in [6, 6.07) is 11.6. The van der Waals surface area contributed by atoms with Gasteiger partial charge >= 0.3 is 0 Å². The maximum Gasteiger partial charge on any atom is 0.239 e. The quantitative estimate of drug-likeness (QED) is 0.679. The van der Waals surface area contributed by atoms with Crippen LogP contribution in [0.25, 0.3) is 6.08 Å². The topological polar surface area (TPSA) is 93.5 Å². The van der Waals surface area contributed by atoms with Crippen LogP contribution in [0.3, 0.4) is 0 Å². The van der Waals surface area contributed by atoms with Crippen LogP contribution in [-0.4, -0.2) is 56.3 Å². The predicted molar refractivity (Wildman–Crippen MR) is 131 cm³/mol. The summed E-state index contributed by atoms with van der Waals surface area (Å²) in [5, 5.41) is 14.4. The van der Waals surface area contributed by atoms with Gasteiger partial charge in [-0.15, -0.1) is 11.3 Å². The van der Waals surface area contributed by atoms with Gasteiger partial charge in [-0.3, -0.25) is 9.69 Å². The highest BCUT2D eigenvalue weighted by atomic mass is 32.2. The fourth-order valence-corrected chi connectivity index (χ4v) is 6.83. The van der Waals surface area contributed by atoms with Crippen LogP contribution in [0, 0.1) is 17.2 Å². The third kappa shape index (κ3) is 5.71. The van der Waals surface area contributed by atoms with Crippen molar-refractivity contribution < 1.29 is 13.2 Å². The molecule has 9 heteroatoms. The molecule has 2 aromatic rings. The molecule has 0 spiro atoms. The van der Waals surface area contributed by atoms with Crippen LogP contribution in [0.15, 0.2) is 35.7 Å². The molecule has 1 aromatic carbocycles. The van der Waals surface area contributed by atoms with Gasteiger partial charge in [0.05, 0.1) is 12.1 Å². The van der Waals surface area contributed by atoms with E-state index in [2.05, 4.69) is 18.3 Å². The number of hydrogen-bond donors (Lipinski definition) is 1. The van der Waals surface area contributed by atoms with E-state index in [1.54, 1.807) is 6.08 Å². The molecule has 1 aliphatic heterocycles. The number of carbonyl (C=O) groups excluding carboxylic acids is 1. The number of benzene rings is 1. The summed E-state index contributed by atoms with van der Waals surface area (Å²) >= 11 is 1.52. The number of rotatable bonds is 6. The lowest BCUT2D eigenvalue weighted by Crippen LogP contribution is -2.49. The summed E-state index contributed by atoms with van der Waals surface area (Å²) in [6.45, 7) is 4.03. The van der Waals surface area contributed by atoms with Crippen molar-refractivity contribution in [2.24, 2.45) is 5.92 Å². The summed E-state index contributed by atoms with van der Waals surface area (Å²) in [5.41, 5.74) is 2.53. The number of nitrogens with zero attached hydrogens (tertiary/aromatic N) is 3. The molecule has 1 aliphatic carbocycles. The van der Waals surface area contributed by atoms with Gasteiger partial charge in [0, 0.05) is 36.5 Å². The molecule has 2 heterocycles. The van der Waals surface area contributed by atoms with Gasteiger partial charge in [-0.2, -0.15) is 9.57 Å². The molecule has 1 amide bonds. The average Bonchev–Trinajstić information content (AvgIpc) is 3.14. The Hall–Kier alpha value is -2.51. The molecule has 1 fully saturated rings. The number of sulfonamides is 1. The first-order valence-corrected chi connectivity index (χ1v) is 13.5. The first kappa shape index (κ1) is 23.6. The van der Waals surface area contributed by atoms with Gasteiger partial charge in [0.1, 0.15) is 11.1 Å². The summed E-state index contributed by atoms with van der Waals surface area (Å²) < 4.78 is 26.7.